The van der Waals surface area contributed by atoms with E-state index in [1.165, 1.54) is 6.07 Å². The number of ether oxygens (including phenoxy) is 2. The molecule has 0 saturated carbocycles. The summed E-state index contributed by atoms with van der Waals surface area (Å²) in [5, 5.41) is 9.91. The van der Waals surface area contributed by atoms with E-state index in [0.717, 1.165) is 0 Å². The topological polar surface area (TPSA) is 72.8 Å². The third kappa shape index (κ3) is 4.14. The molecule has 0 fully saturated rings. The fourth-order valence-corrected chi connectivity index (χ4v) is 2.54. The number of hydrogen-bond donors (Lipinski definition) is 1. The standard InChI is InChI=1S/C18H17BrO5/c1-3-23-17(21)12-7-8-13(15(19)9-12)10-24-18(22)14-6-4-5-11(2)16(14)20/h4-9,20H,3,10H2,1-2H3. The van der Waals surface area contributed by atoms with Gasteiger partial charge in [-0.25, -0.2) is 9.59 Å². The van der Waals surface area contributed by atoms with Gasteiger partial charge in [0.05, 0.1) is 12.2 Å². The molecular weight excluding hydrogens is 376 g/mol. The number of phenolic OH excluding ortho intramolecular Hbond substituents is 1. The molecule has 0 amide bonds. The van der Waals surface area contributed by atoms with Crippen molar-refractivity contribution in [3.05, 3.63) is 63.1 Å². The van der Waals surface area contributed by atoms with Gasteiger partial charge in [0.25, 0.3) is 0 Å². The van der Waals surface area contributed by atoms with Crippen molar-refractivity contribution >= 4 is 27.9 Å². The minimum absolute atomic E-state index is 0.00983. The normalized spacial score (nSPS) is 10.3. The fraction of sp³-hybridized carbons (Fsp3) is 0.222. The molecule has 5 nitrogen and oxygen atoms in total. The Labute approximate surface area is 148 Å². The molecule has 0 bridgehead atoms. The second-order valence-electron chi connectivity index (χ2n) is 5.07. The molecule has 2 aromatic rings. The van der Waals surface area contributed by atoms with Gasteiger partial charge in [-0.3, -0.25) is 0 Å². The maximum Gasteiger partial charge on any atom is 0.342 e. The van der Waals surface area contributed by atoms with E-state index < -0.39 is 11.9 Å². The SMILES string of the molecule is CCOC(=O)c1ccc(COC(=O)c2cccc(C)c2O)c(Br)c1. The Morgan fingerprint density at radius 2 is 1.88 bits per heavy atom. The molecule has 0 aliphatic heterocycles. The lowest BCUT2D eigenvalue weighted by atomic mass is 10.1. The molecule has 0 radical (unpaired) electrons. The third-order valence-corrected chi connectivity index (χ3v) is 4.12. The van der Waals surface area contributed by atoms with Gasteiger partial charge in [0.2, 0.25) is 0 Å². The monoisotopic (exact) mass is 392 g/mol. The Morgan fingerprint density at radius 3 is 2.54 bits per heavy atom. The van der Waals surface area contributed by atoms with E-state index in [1.807, 2.05) is 0 Å². The van der Waals surface area contributed by atoms with E-state index in [9.17, 15) is 14.7 Å². The van der Waals surface area contributed by atoms with Crippen LogP contribution in [0.5, 0.6) is 5.75 Å². The lowest BCUT2D eigenvalue weighted by molar-refractivity contribution is 0.0465. The lowest BCUT2D eigenvalue weighted by Crippen LogP contribution is -2.08. The quantitative estimate of drug-likeness (QED) is 0.778. The van der Waals surface area contributed by atoms with Crippen LogP contribution < -0.4 is 0 Å². The Bertz CT molecular complexity index is 770. The zero-order chi connectivity index (χ0) is 17.7. The first-order valence-corrected chi connectivity index (χ1v) is 8.14. The highest BCUT2D eigenvalue weighted by Gasteiger charge is 2.15. The van der Waals surface area contributed by atoms with Gasteiger partial charge in [0.15, 0.2) is 0 Å². The predicted molar refractivity (Wildman–Crippen MR) is 92.1 cm³/mol. The number of esters is 2. The van der Waals surface area contributed by atoms with E-state index >= 15 is 0 Å². The minimum atomic E-state index is -0.613. The first-order valence-electron chi connectivity index (χ1n) is 7.35. The number of phenols is 1. The van der Waals surface area contributed by atoms with Crippen LogP contribution in [0.25, 0.3) is 0 Å². The van der Waals surface area contributed by atoms with Crippen molar-refractivity contribution in [2.75, 3.05) is 6.61 Å². The number of para-hydroxylation sites is 1. The number of carbonyl (C=O) groups is 2. The number of benzene rings is 2. The molecule has 0 unspecified atom stereocenters. The van der Waals surface area contributed by atoms with Gasteiger partial charge in [-0.2, -0.15) is 0 Å². The van der Waals surface area contributed by atoms with Crippen LogP contribution in [-0.4, -0.2) is 23.7 Å². The van der Waals surface area contributed by atoms with Gasteiger partial charge < -0.3 is 14.6 Å². The number of carbonyl (C=O) groups excluding carboxylic acids is 2. The molecule has 126 valence electrons. The third-order valence-electron chi connectivity index (χ3n) is 3.38. The molecule has 0 spiro atoms. The van der Waals surface area contributed by atoms with E-state index in [4.69, 9.17) is 9.47 Å². The Kier molecular flexibility index (Phi) is 5.98. The van der Waals surface area contributed by atoms with Crippen molar-refractivity contribution in [3.8, 4) is 5.75 Å². The molecule has 2 rings (SSSR count). The number of hydrogen-bond acceptors (Lipinski definition) is 5. The number of rotatable bonds is 5. The van der Waals surface area contributed by atoms with Gasteiger partial charge in [0, 0.05) is 10.0 Å². The van der Waals surface area contributed by atoms with Gasteiger partial charge in [-0.05, 0) is 37.6 Å². The molecule has 0 aromatic heterocycles. The average molecular weight is 393 g/mol. The van der Waals surface area contributed by atoms with Crippen molar-refractivity contribution in [2.45, 2.75) is 20.5 Å². The summed E-state index contributed by atoms with van der Waals surface area (Å²) in [5.41, 5.74) is 1.83. The van der Waals surface area contributed by atoms with Crippen molar-refractivity contribution in [3.63, 3.8) is 0 Å². The molecular formula is C18H17BrO5. The van der Waals surface area contributed by atoms with E-state index in [-0.39, 0.29) is 17.9 Å². The van der Waals surface area contributed by atoms with E-state index in [2.05, 4.69) is 15.9 Å². The molecule has 0 atom stereocenters. The molecule has 6 heteroatoms. The molecule has 0 aliphatic rings. The summed E-state index contributed by atoms with van der Waals surface area (Å²) in [5.74, 6) is -1.11. The number of aromatic hydroxyl groups is 1. The van der Waals surface area contributed by atoms with Crippen LogP contribution in [-0.2, 0) is 16.1 Å². The van der Waals surface area contributed by atoms with E-state index in [0.29, 0.717) is 27.8 Å². The van der Waals surface area contributed by atoms with Crippen molar-refractivity contribution in [1.29, 1.82) is 0 Å². The minimum Gasteiger partial charge on any atom is -0.507 e. The Morgan fingerprint density at radius 1 is 1.12 bits per heavy atom. The van der Waals surface area contributed by atoms with Gasteiger partial charge in [0.1, 0.15) is 17.9 Å². The highest BCUT2D eigenvalue weighted by Crippen LogP contribution is 2.24. The number of halogens is 1. The first kappa shape index (κ1) is 18.0. The highest BCUT2D eigenvalue weighted by atomic mass is 79.9. The Hall–Kier alpha value is -2.34. The second-order valence-corrected chi connectivity index (χ2v) is 5.93. The maximum absolute atomic E-state index is 12.1. The first-order chi connectivity index (χ1) is 11.4. The summed E-state index contributed by atoms with van der Waals surface area (Å²) >= 11 is 3.35. The largest absolute Gasteiger partial charge is 0.507 e. The van der Waals surface area contributed by atoms with Gasteiger partial charge >= 0.3 is 11.9 Å². The zero-order valence-corrected chi connectivity index (χ0v) is 14.9. The molecule has 0 saturated heterocycles. The molecule has 2 aromatic carbocycles. The zero-order valence-electron chi connectivity index (χ0n) is 13.3. The molecule has 1 N–H and O–H groups in total. The van der Waals surface area contributed by atoms with Crippen molar-refractivity contribution in [1.82, 2.24) is 0 Å². The van der Waals surface area contributed by atoms with Crippen LogP contribution in [0.4, 0.5) is 0 Å². The van der Waals surface area contributed by atoms with Crippen LogP contribution in [0.15, 0.2) is 40.9 Å². The van der Waals surface area contributed by atoms with Crippen LogP contribution in [0.2, 0.25) is 0 Å². The maximum atomic E-state index is 12.1. The Balaban J connectivity index is 2.08. The lowest BCUT2D eigenvalue weighted by Gasteiger charge is -2.10. The summed E-state index contributed by atoms with van der Waals surface area (Å²) in [7, 11) is 0. The fourth-order valence-electron chi connectivity index (χ4n) is 2.05. The van der Waals surface area contributed by atoms with Crippen LogP contribution in [0.3, 0.4) is 0 Å². The number of aryl methyl sites for hydroxylation is 1. The predicted octanol–water partition coefficient (Wildman–Crippen LogP) is 4.00. The highest BCUT2D eigenvalue weighted by molar-refractivity contribution is 9.10. The summed E-state index contributed by atoms with van der Waals surface area (Å²) in [6.45, 7) is 3.75. The smallest absolute Gasteiger partial charge is 0.342 e. The van der Waals surface area contributed by atoms with Crippen molar-refractivity contribution in [2.24, 2.45) is 0 Å². The summed E-state index contributed by atoms with van der Waals surface area (Å²) in [4.78, 5) is 23.8. The van der Waals surface area contributed by atoms with Crippen molar-refractivity contribution < 1.29 is 24.2 Å². The van der Waals surface area contributed by atoms with Crippen LogP contribution >= 0.6 is 15.9 Å². The van der Waals surface area contributed by atoms with Crippen LogP contribution in [0.1, 0.15) is 38.8 Å². The second kappa shape index (κ2) is 7.97. The van der Waals surface area contributed by atoms with Crippen LogP contribution in [0, 0.1) is 6.92 Å². The van der Waals surface area contributed by atoms with Gasteiger partial charge in [-0.15, -0.1) is 0 Å². The molecule has 0 aliphatic carbocycles. The average Bonchev–Trinajstić information content (AvgIpc) is 2.56. The van der Waals surface area contributed by atoms with E-state index in [1.54, 1.807) is 44.2 Å². The molecule has 0 heterocycles. The summed E-state index contributed by atoms with van der Waals surface area (Å²) in [6, 6.07) is 9.79. The van der Waals surface area contributed by atoms with Gasteiger partial charge in [-0.1, -0.05) is 34.1 Å². The summed E-state index contributed by atoms with van der Waals surface area (Å²) < 4.78 is 10.8. The molecule has 24 heavy (non-hydrogen) atoms. The summed E-state index contributed by atoms with van der Waals surface area (Å²) in [6.07, 6.45) is 0.